The molecule has 1 aliphatic rings. The molecule has 1 atom stereocenters. The van der Waals surface area contributed by atoms with Gasteiger partial charge in [-0.15, -0.1) is 0 Å². The molecular formula is C17H21ClN4O2. The summed E-state index contributed by atoms with van der Waals surface area (Å²) in [5.74, 6) is 1.06. The fraction of sp³-hybridized carbons (Fsp3) is 0.412. The number of nitrogens with zero attached hydrogens (tertiary/aromatic N) is 3. The highest BCUT2D eigenvalue weighted by molar-refractivity contribution is 6.30. The number of hydrogen-bond acceptors (Lipinski definition) is 5. The molecule has 7 heteroatoms. The SMILES string of the molecule is Cc1cc(NC(=O)[C@H](C)N2CCN(c3cccc(Cl)c3)CC2)no1. The first-order valence-electron chi connectivity index (χ1n) is 8.01. The van der Waals surface area contributed by atoms with E-state index in [-0.39, 0.29) is 11.9 Å². The van der Waals surface area contributed by atoms with Gasteiger partial charge >= 0.3 is 0 Å². The summed E-state index contributed by atoms with van der Waals surface area (Å²) in [4.78, 5) is 16.8. The lowest BCUT2D eigenvalue weighted by Gasteiger charge is -2.38. The van der Waals surface area contributed by atoms with Crippen molar-refractivity contribution >= 4 is 29.0 Å². The Hall–Kier alpha value is -2.05. The number of benzene rings is 1. The predicted molar refractivity (Wildman–Crippen MR) is 94.6 cm³/mol. The fourth-order valence-electron chi connectivity index (χ4n) is 2.86. The van der Waals surface area contributed by atoms with E-state index in [0.29, 0.717) is 11.6 Å². The maximum absolute atomic E-state index is 12.4. The minimum atomic E-state index is -0.219. The number of carbonyl (C=O) groups excluding carboxylic acids is 1. The Kier molecular flexibility index (Phi) is 5.06. The van der Waals surface area contributed by atoms with Gasteiger partial charge in [-0.2, -0.15) is 0 Å². The summed E-state index contributed by atoms with van der Waals surface area (Å²) < 4.78 is 4.97. The van der Waals surface area contributed by atoms with Gasteiger partial charge in [-0.25, -0.2) is 0 Å². The average molecular weight is 349 g/mol. The van der Waals surface area contributed by atoms with E-state index in [9.17, 15) is 4.79 Å². The van der Waals surface area contributed by atoms with Crippen LogP contribution in [0.4, 0.5) is 11.5 Å². The molecule has 1 fully saturated rings. The van der Waals surface area contributed by atoms with E-state index in [1.165, 1.54) is 0 Å². The lowest BCUT2D eigenvalue weighted by atomic mass is 10.2. The van der Waals surface area contributed by atoms with Crippen molar-refractivity contribution in [1.29, 1.82) is 0 Å². The van der Waals surface area contributed by atoms with Gasteiger partial charge in [-0.05, 0) is 32.0 Å². The molecule has 0 spiro atoms. The Morgan fingerprint density at radius 1 is 1.29 bits per heavy atom. The number of aromatic nitrogens is 1. The number of carbonyl (C=O) groups is 1. The van der Waals surface area contributed by atoms with Crippen LogP contribution in [0.3, 0.4) is 0 Å². The predicted octanol–water partition coefficient (Wildman–Crippen LogP) is 2.79. The molecule has 1 saturated heterocycles. The number of hydrogen-bond donors (Lipinski definition) is 1. The Morgan fingerprint density at radius 3 is 2.67 bits per heavy atom. The molecule has 0 unspecified atom stereocenters. The van der Waals surface area contributed by atoms with Crippen LogP contribution in [0.15, 0.2) is 34.9 Å². The van der Waals surface area contributed by atoms with Gasteiger partial charge in [-0.3, -0.25) is 9.69 Å². The summed E-state index contributed by atoms with van der Waals surface area (Å²) in [7, 11) is 0. The maximum atomic E-state index is 12.4. The molecule has 1 amide bonds. The topological polar surface area (TPSA) is 61.6 Å². The minimum absolute atomic E-state index is 0.0699. The van der Waals surface area contributed by atoms with Crippen LogP contribution in [0.25, 0.3) is 0 Å². The third kappa shape index (κ3) is 3.88. The van der Waals surface area contributed by atoms with Crippen molar-refractivity contribution in [3.05, 3.63) is 41.1 Å². The zero-order chi connectivity index (χ0) is 17.1. The Labute approximate surface area is 146 Å². The van der Waals surface area contributed by atoms with Gasteiger partial charge in [0.25, 0.3) is 0 Å². The molecule has 1 aromatic heterocycles. The molecule has 0 radical (unpaired) electrons. The normalized spacial score (nSPS) is 16.9. The molecule has 3 rings (SSSR count). The molecule has 2 heterocycles. The van der Waals surface area contributed by atoms with Crippen molar-refractivity contribution in [1.82, 2.24) is 10.1 Å². The van der Waals surface area contributed by atoms with Gasteiger partial charge in [-0.1, -0.05) is 22.8 Å². The fourth-order valence-corrected chi connectivity index (χ4v) is 3.05. The molecule has 0 saturated carbocycles. The van der Waals surface area contributed by atoms with Gasteiger partial charge < -0.3 is 14.7 Å². The quantitative estimate of drug-likeness (QED) is 0.920. The largest absolute Gasteiger partial charge is 0.369 e. The molecule has 1 aliphatic heterocycles. The van der Waals surface area contributed by atoms with Crippen molar-refractivity contribution in [3.8, 4) is 0 Å². The summed E-state index contributed by atoms with van der Waals surface area (Å²) in [6.45, 7) is 7.07. The van der Waals surface area contributed by atoms with E-state index in [1.807, 2.05) is 25.1 Å². The number of amides is 1. The van der Waals surface area contributed by atoms with E-state index in [4.69, 9.17) is 16.1 Å². The number of nitrogens with one attached hydrogen (secondary N) is 1. The highest BCUT2D eigenvalue weighted by Gasteiger charge is 2.26. The van der Waals surface area contributed by atoms with Crippen LogP contribution in [0, 0.1) is 6.92 Å². The van der Waals surface area contributed by atoms with Crippen LogP contribution in [0.2, 0.25) is 5.02 Å². The molecule has 24 heavy (non-hydrogen) atoms. The van der Waals surface area contributed by atoms with Gasteiger partial charge in [0.15, 0.2) is 5.82 Å². The minimum Gasteiger partial charge on any atom is -0.369 e. The molecule has 1 aromatic carbocycles. The van der Waals surface area contributed by atoms with Gasteiger partial charge in [0, 0.05) is 43.0 Å². The van der Waals surface area contributed by atoms with E-state index in [1.54, 1.807) is 13.0 Å². The van der Waals surface area contributed by atoms with Gasteiger partial charge in [0.05, 0.1) is 6.04 Å². The average Bonchev–Trinajstić information content (AvgIpc) is 2.99. The Balaban J connectivity index is 1.54. The second kappa shape index (κ2) is 7.23. The van der Waals surface area contributed by atoms with Crippen molar-refractivity contribution < 1.29 is 9.32 Å². The van der Waals surface area contributed by atoms with Crippen LogP contribution < -0.4 is 10.2 Å². The molecule has 1 N–H and O–H groups in total. The highest BCUT2D eigenvalue weighted by Crippen LogP contribution is 2.21. The van der Waals surface area contributed by atoms with E-state index in [0.717, 1.165) is 36.9 Å². The molecule has 6 nitrogen and oxygen atoms in total. The van der Waals surface area contributed by atoms with Crippen molar-refractivity contribution in [2.75, 3.05) is 36.4 Å². The summed E-state index contributed by atoms with van der Waals surface area (Å²) in [5, 5.41) is 7.33. The van der Waals surface area contributed by atoms with E-state index >= 15 is 0 Å². The van der Waals surface area contributed by atoms with Crippen LogP contribution in [-0.2, 0) is 4.79 Å². The summed E-state index contributed by atoms with van der Waals surface area (Å²) in [5.41, 5.74) is 1.12. The molecular weight excluding hydrogens is 328 g/mol. The molecule has 0 bridgehead atoms. The first-order valence-corrected chi connectivity index (χ1v) is 8.39. The zero-order valence-electron chi connectivity index (χ0n) is 13.8. The second-order valence-electron chi connectivity index (χ2n) is 5.99. The molecule has 128 valence electrons. The summed E-state index contributed by atoms with van der Waals surface area (Å²) in [6, 6.07) is 9.36. The highest BCUT2D eigenvalue weighted by atomic mass is 35.5. The van der Waals surface area contributed by atoms with Crippen molar-refractivity contribution in [2.45, 2.75) is 19.9 Å². The first-order chi connectivity index (χ1) is 11.5. The second-order valence-corrected chi connectivity index (χ2v) is 6.43. The smallest absolute Gasteiger partial charge is 0.242 e. The number of piperazine rings is 1. The monoisotopic (exact) mass is 348 g/mol. The van der Waals surface area contributed by atoms with Crippen LogP contribution in [0.5, 0.6) is 0 Å². The number of aryl methyl sites for hydroxylation is 1. The van der Waals surface area contributed by atoms with Crippen molar-refractivity contribution in [2.24, 2.45) is 0 Å². The third-order valence-electron chi connectivity index (χ3n) is 4.29. The van der Waals surface area contributed by atoms with Gasteiger partial charge in [0.2, 0.25) is 5.91 Å². The Bertz CT molecular complexity index is 710. The number of halogens is 1. The number of rotatable bonds is 4. The van der Waals surface area contributed by atoms with Crippen LogP contribution >= 0.6 is 11.6 Å². The third-order valence-corrected chi connectivity index (χ3v) is 4.53. The standard InChI is InChI=1S/C17H21ClN4O2/c1-12-10-16(20-24-12)19-17(23)13(2)21-6-8-22(9-7-21)15-5-3-4-14(18)11-15/h3-5,10-11,13H,6-9H2,1-2H3,(H,19,20,23)/t13-/m0/s1. The van der Waals surface area contributed by atoms with Gasteiger partial charge in [0.1, 0.15) is 5.76 Å². The first kappa shape index (κ1) is 16.8. The van der Waals surface area contributed by atoms with Crippen LogP contribution in [0.1, 0.15) is 12.7 Å². The molecule has 0 aliphatic carbocycles. The van der Waals surface area contributed by atoms with E-state index < -0.39 is 0 Å². The van der Waals surface area contributed by atoms with E-state index in [2.05, 4.69) is 26.3 Å². The molecule has 2 aromatic rings. The van der Waals surface area contributed by atoms with Crippen molar-refractivity contribution in [3.63, 3.8) is 0 Å². The Morgan fingerprint density at radius 2 is 2.04 bits per heavy atom. The lowest BCUT2D eigenvalue weighted by molar-refractivity contribution is -0.120. The summed E-state index contributed by atoms with van der Waals surface area (Å²) in [6.07, 6.45) is 0. The van der Waals surface area contributed by atoms with Crippen LogP contribution in [-0.4, -0.2) is 48.2 Å². The number of anilines is 2. The maximum Gasteiger partial charge on any atom is 0.242 e. The zero-order valence-corrected chi connectivity index (χ0v) is 14.6. The lowest BCUT2D eigenvalue weighted by Crippen LogP contribution is -2.52. The summed E-state index contributed by atoms with van der Waals surface area (Å²) >= 11 is 6.06.